The summed E-state index contributed by atoms with van der Waals surface area (Å²) in [7, 11) is 0. The molecule has 0 radical (unpaired) electrons. The fourth-order valence-corrected chi connectivity index (χ4v) is 2.38. The van der Waals surface area contributed by atoms with Gasteiger partial charge in [0.25, 0.3) is 0 Å². The molecule has 2 aromatic carbocycles. The number of rotatable bonds is 3. The third-order valence-corrected chi connectivity index (χ3v) is 3.61. The molecule has 2 aromatic rings. The Morgan fingerprint density at radius 2 is 1.77 bits per heavy atom. The van der Waals surface area contributed by atoms with Crippen molar-refractivity contribution in [3.05, 3.63) is 76.7 Å². The lowest BCUT2D eigenvalue weighted by molar-refractivity contribution is -0.150. The van der Waals surface area contributed by atoms with Crippen molar-refractivity contribution >= 4 is 17.6 Å². The van der Waals surface area contributed by atoms with Gasteiger partial charge in [-0.15, -0.1) is 0 Å². The minimum atomic E-state index is -0.711. The molecule has 0 aromatic heterocycles. The number of ether oxygens (including phenoxy) is 2. The van der Waals surface area contributed by atoms with Gasteiger partial charge in [0.2, 0.25) is 5.76 Å². The average molecular weight is 317 g/mol. The van der Waals surface area contributed by atoms with Crippen molar-refractivity contribution in [1.82, 2.24) is 0 Å². The predicted molar refractivity (Wildman–Crippen MR) is 81.6 cm³/mol. The smallest absolute Gasteiger partial charge is 0.378 e. The summed E-state index contributed by atoms with van der Waals surface area (Å²) in [4.78, 5) is 12.1. The van der Waals surface area contributed by atoms with E-state index in [-0.39, 0.29) is 17.9 Å². The molecule has 1 aliphatic rings. The van der Waals surface area contributed by atoms with E-state index < -0.39 is 12.1 Å². The summed E-state index contributed by atoms with van der Waals surface area (Å²) in [5.41, 5.74) is 0.819. The van der Waals surface area contributed by atoms with Gasteiger partial charge in [0.05, 0.1) is 11.4 Å². The van der Waals surface area contributed by atoms with Crippen LogP contribution in [0.2, 0.25) is 5.02 Å². The van der Waals surface area contributed by atoms with E-state index in [4.69, 9.17) is 21.1 Å². The number of esters is 1. The Morgan fingerprint density at radius 1 is 1.09 bits per heavy atom. The number of aliphatic hydroxyl groups is 1. The number of hydrogen-bond donors (Lipinski definition) is 1. The molecule has 0 spiro atoms. The number of aliphatic hydroxyl groups excluding tert-OH is 1. The molecule has 5 heteroatoms. The zero-order chi connectivity index (χ0) is 15.5. The van der Waals surface area contributed by atoms with Crippen molar-refractivity contribution in [2.45, 2.75) is 12.5 Å². The number of cyclic esters (lactones) is 1. The van der Waals surface area contributed by atoms with Crippen LogP contribution in [-0.2, 0) is 9.53 Å². The topological polar surface area (TPSA) is 55.8 Å². The van der Waals surface area contributed by atoms with E-state index in [0.717, 1.165) is 5.56 Å². The highest BCUT2D eigenvalue weighted by atomic mass is 35.5. The molecule has 0 bridgehead atoms. The van der Waals surface area contributed by atoms with Crippen LogP contribution in [0.3, 0.4) is 0 Å². The summed E-state index contributed by atoms with van der Waals surface area (Å²) in [5.74, 6) is -0.788. The molecule has 1 N–H and O–H groups in total. The zero-order valence-electron chi connectivity index (χ0n) is 11.5. The van der Waals surface area contributed by atoms with Crippen LogP contribution in [0.25, 0.3) is 0 Å². The van der Waals surface area contributed by atoms with Gasteiger partial charge in [0.15, 0.2) is 0 Å². The van der Waals surface area contributed by atoms with Gasteiger partial charge in [0, 0.05) is 0 Å². The highest BCUT2D eigenvalue weighted by Gasteiger charge is 2.32. The molecule has 22 heavy (non-hydrogen) atoms. The van der Waals surface area contributed by atoms with Crippen molar-refractivity contribution in [2.75, 3.05) is 0 Å². The van der Waals surface area contributed by atoms with E-state index in [1.54, 1.807) is 24.3 Å². The van der Waals surface area contributed by atoms with E-state index in [1.165, 1.54) is 0 Å². The third-order valence-electron chi connectivity index (χ3n) is 3.30. The summed E-state index contributed by atoms with van der Waals surface area (Å²) in [6.07, 6.45) is -0.359. The van der Waals surface area contributed by atoms with Gasteiger partial charge in [-0.3, -0.25) is 0 Å². The first-order valence-corrected chi connectivity index (χ1v) is 7.13. The monoisotopic (exact) mass is 316 g/mol. The third kappa shape index (κ3) is 2.92. The summed E-state index contributed by atoms with van der Waals surface area (Å²) >= 11 is 5.98. The Bertz CT molecular complexity index is 724. The van der Waals surface area contributed by atoms with Gasteiger partial charge < -0.3 is 14.6 Å². The highest BCUT2D eigenvalue weighted by molar-refractivity contribution is 6.32. The largest absolute Gasteiger partial charge is 0.508 e. The van der Waals surface area contributed by atoms with Gasteiger partial charge in [-0.2, -0.15) is 0 Å². The Kier molecular flexibility index (Phi) is 4.02. The number of hydrogen-bond acceptors (Lipinski definition) is 4. The first-order chi connectivity index (χ1) is 10.6. The lowest BCUT2D eigenvalue weighted by Gasteiger charge is -2.24. The molecular formula is C17H13ClO4. The molecule has 0 amide bonds. The average Bonchev–Trinajstić information content (AvgIpc) is 2.53. The first kappa shape index (κ1) is 14.5. The van der Waals surface area contributed by atoms with Gasteiger partial charge in [0.1, 0.15) is 17.6 Å². The molecule has 1 unspecified atom stereocenters. The lowest BCUT2D eigenvalue weighted by Crippen LogP contribution is -2.24. The number of benzene rings is 2. The zero-order valence-corrected chi connectivity index (χ0v) is 12.3. The lowest BCUT2D eigenvalue weighted by atomic mass is 10.0. The first-order valence-electron chi connectivity index (χ1n) is 6.75. The second kappa shape index (κ2) is 6.12. The van der Waals surface area contributed by atoms with Gasteiger partial charge in [-0.25, -0.2) is 4.79 Å². The SMILES string of the molecule is O=C1OC(c2ccccc2)CC(O)=C1Oc1ccccc1Cl. The van der Waals surface area contributed by atoms with Crippen LogP contribution in [0.15, 0.2) is 66.1 Å². The van der Waals surface area contributed by atoms with Crippen molar-refractivity contribution in [3.63, 3.8) is 0 Å². The Labute approximate surface area is 132 Å². The summed E-state index contributed by atoms with van der Waals surface area (Å²) in [6, 6.07) is 16.0. The number of para-hydroxylation sites is 1. The second-order valence-corrected chi connectivity index (χ2v) is 5.22. The molecule has 1 heterocycles. The van der Waals surface area contributed by atoms with Crippen LogP contribution in [0.5, 0.6) is 5.75 Å². The minimum absolute atomic E-state index is 0.148. The van der Waals surface area contributed by atoms with Crippen LogP contribution >= 0.6 is 11.6 Å². The van der Waals surface area contributed by atoms with Crippen LogP contribution < -0.4 is 4.74 Å². The molecule has 0 aliphatic carbocycles. The Balaban J connectivity index is 1.84. The Morgan fingerprint density at radius 3 is 2.45 bits per heavy atom. The number of carbonyl (C=O) groups excluding carboxylic acids is 1. The van der Waals surface area contributed by atoms with Crippen LogP contribution in [0.1, 0.15) is 18.1 Å². The van der Waals surface area contributed by atoms with Gasteiger partial charge in [-0.05, 0) is 17.7 Å². The standard InChI is InChI=1S/C17H13ClO4/c18-12-8-4-5-9-14(12)21-16-13(19)10-15(22-17(16)20)11-6-2-1-3-7-11/h1-9,15,19H,10H2. The van der Waals surface area contributed by atoms with Crippen LogP contribution in [-0.4, -0.2) is 11.1 Å². The maximum atomic E-state index is 12.1. The van der Waals surface area contributed by atoms with Crippen LogP contribution in [0.4, 0.5) is 0 Å². The van der Waals surface area contributed by atoms with E-state index in [1.807, 2.05) is 30.3 Å². The van der Waals surface area contributed by atoms with E-state index in [2.05, 4.69) is 0 Å². The number of halogens is 1. The molecule has 0 saturated carbocycles. The highest BCUT2D eigenvalue weighted by Crippen LogP contribution is 2.33. The van der Waals surface area contributed by atoms with Crippen molar-refractivity contribution in [2.24, 2.45) is 0 Å². The van der Waals surface area contributed by atoms with Crippen molar-refractivity contribution in [3.8, 4) is 5.75 Å². The fourth-order valence-electron chi connectivity index (χ4n) is 2.20. The van der Waals surface area contributed by atoms with Gasteiger partial charge in [-0.1, -0.05) is 54.1 Å². The summed E-state index contributed by atoms with van der Waals surface area (Å²) < 4.78 is 10.8. The summed E-state index contributed by atoms with van der Waals surface area (Å²) in [6.45, 7) is 0. The molecule has 3 rings (SSSR count). The van der Waals surface area contributed by atoms with E-state index in [9.17, 15) is 9.90 Å². The van der Waals surface area contributed by atoms with E-state index in [0.29, 0.717) is 10.8 Å². The minimum Gasteiger partial charge on any atom is -0.508 e. The molecular weight excluding hydrogens is 304 g/mol. The van der Waals surface area contributed by atoms with Crippen molar-refractivity contribution in [1.29, 1.82) is 0 Å². The van der Waals surface area contributed by atoms with Gasteiger partial charge >= 0.3 is 5.97 Å². The Hall–Kier alpha value is -2.46. The van der Waals surface area contributed by atoms with E-state index >= 15 is 0 Å². The molecule has 112 valence electrons. The normalized spacial score (nSPS) is 18.0. The number of carbonyl (C=O) groups is 1. The fraction of sp³-hybridized carbons (Fsp3) is 0.118. The quantitative estimate of drug-likeness (QED) is 0.863. The molecule has 1 aliphatic heterocycles. The molecule has 1 atom stereocenters. The van der Waals surface area contributed by atoms with Crippen molar-refractivity contribution < 1.29 is 19.4 Å². The maximum absolute atomic E-state index is 12.1. The molecule has 0 fully saturated rings. The summed E-state index contributed by atoms with van der Waals surface area (Å²) in [5, 5.41) is 10.5. The second-order valence-electron chi connectivity index (χ2n) is 4.82. The van der Waals surface area contributed by atoms with Crippen LogP contribution in [0, 0.1) is 0 Å². The molecule has 0 saturated heterocycles. The predicted octanol–water partition coefficient (Wildman–Crippen LogP) is 4.18. The maximum Gasteiger partial charge on any atom is 0.378 e. The molecule has 4 nitrogen and oxygen atoms in total.